The average molecular weight is 338 g/mol. The molecule has 1 fully saturated rings. The molecule has 8 heteroatoms. The number of aromatic nitrogens is 2. The number of rotatable bonds is 7. The Labute approximate surface area is 144 Å². The van der Waals surface area contributed by atoms with Crippen molar-refractivity contribution >= 4 is 5.96 Å². The van der Waals surface area contributed by atoms with Crippen molar-refractivity contribution in [2.24, 2.45) is 10.9 Å². The molecule has 1 saturated heterocycles. The van der Waals surface area contributed by atoms with Crippen LogP contribution in [0, 0.1) is 12.8 Å². The molecule has 0 radical (unpaired) electrons. The standard InChI is InChI=1S/C16H30N6O2/c1-12(2)14(22-7-9-23-10-8-22)11-19-16(17-4)18-6-5-15-20-13(3)21-24-15/h12,14H,5-11H2,1-4H3,(H2,17,18,19). The molecule has 2 N–H and O–H groups in total. The van der Waals surface area contributed by atoms with Crippen LogP contribution < -0.4 is 10.6 Å². The molecule has 0 amide bonds. The number of ether oxygens (including phenoxy) is 1. The highest BCUT2D eigenvalue weighted by Gasteiger charge is 2.23. The molecule has 24 heavy (non-hydrogen) atoms. The van der Waals surface area contributed by atoms with Gasteiger partial charge in [-0.1, -0.05) is 19.0 Å². The van der Waals surface area contributed by atoms with E-state index in [0.29, 0.717) is 36.6 Å². The van der Waals surface area contributed by atoms with Crippen LogP contribution in [0.3, 0.4) is 0 Å². The number of aryl methyl sites for hydroxylation is 1. The molecule has 1 aromatic rings. The van der Waals surface area contributed by atoms with Gasteiger partial charge in [0.25, 0.3) is 0 Å². The molecule has 1 aromatic heterocycles. The third kappa shape index (κ3) is 5.76. The first kappa shape index (κ1) is 18.7. The Bertz CT molecular complexity index is 510. The molecule has 1 aliphatic rings. The topological polar surface area (TPSA) is 87.8 Å². The van der Waals surface area contributed by atoms with Gasteiger partial charge in [0.1, 0.15) is 0 Å². The highest BCUT2D eigenvalue weighted by molar-refractivity contribution is 5.79. The summed E-state index contributed by atoms with van der Waals surface area (Å²) in [6.07, 6.45) is 0.679. The second-order valence-corrected chi connectivity index (χ2v) is 6.32. The largest absolute Gasteiger partial charge is 0.379 e. The number of morpholine rings is 1. The van der Waals surface area contributed by atoms with Gasteiger partial charge in [-0.05, 0) is 12.8 Å². The maximum atomic E-state index is 5.46. The molecular formula is C16H30N6O2. The first-order chi connectivity index (χ1) is 11.6. The third-order valence-electron chi connectivity index (χ3n) is 4.19. The van der Waals surface area contributed by atoms with E-state index < -0.39 is 0 Å². The van der Waals surface area contributed by atoms with Crippen LogP contribution in [0.5, 0.6) is 0 Å². The number of nitrogens with zero attached hydrogens (tertiary/aromatic N) is 4. The lowest BCUT2D eigenvalue weighted by molar-refractivity contribution is 0.00752. The van der Waals surface area contributed by atoms with Gasteiger partial charge in [0.05, 0.1) is 13.2 Å². The zero-order valence-electron chi connectivity index (χ0n) is 15.2. The molecule has 2 heterocycles. The summed E-state index contributed by atoms with van der Waals surface area (Å²) in [6.45, 7) is 11.5. The first-order valence-corrected chi connectivity index (χ1v) is 8.65. The predicted octanol–water partition coefficient (Wildman–Crippen LogP) is 0.442. The molecule has 2 rings (SSSR count). The summed E-state index contributed by atoms with van der Waals surface area (Å²) in [5, 5.41) is 10.5. The zero-order chi connectivity index (χ0) is 17.4. The van der Waals surface area contributed by atoms with E-state index in [1.54, 1.807) is 7.05 Å². The van der Waals surface area contributed by atoms with Crippen molar-refractivity contribution in [2.45, 2.75) is 33.2 Å². The van der Waals surface area contributed by atoms with Crippen molar-refractivity contribution in [3.63, 3.8) is 0 Å². The van der Waals surface area contributed by atoms with E-state index in [1.807, 2.05) is 6.92 Å². The molecule has 0 spiro atoms. The molecule has 1 aliphatic heterocycles. The van der Waals surface area contributed by atoms with Crippen molar-refractivity contribution in [2.75, 3.05) is 46.4 Å². The highest BCUT2D eigenvalue weighted by atomic mass is 16.5. The maximum absolute atomic E-state index is 5.46. The van der Waals surface area contributed by atoms with Crippen LogP contribution in [0.4, 0.5) is 0 Å². The minimum absolute atomic E-state index is 0.464. The number of nitrogens with one attached hydrogen (secondary N) is 2. The second-order valence-electron chi connectivity index (χ2n) is 6.32. The summed E-state index contributed by atoms with van der Waals surface area (Å²) in [4.78, 5) is 11.0. The van der Waals surface area contributed by atoms with Gasteiger partial charge in [-0.15, -0.1) is 0 Å². The molecule has 1 unspecified atom stereocenters. The fourth-order valence-electron chi connectivity index (χ4n) is 2.85. The monoisotopic (exact) mass is 338 g/mol. The smallest absolute Gasteiger partial charge is 0.228 e. The van der Waals surface area contributed by atoms with E-state index in [9.17, 15) is 0 Å². The van der Waals surface area contributed by atoms with E-state index in [-0.39, 0.29) is 0 Å². The van der Waals surface area contributed by atoms with Crippen molar-refractivity contribution in [1.29, 1.82) is 0 Å². The normalized spacial score (nSPS) is 18.0. The van der Waals surface area contributed by atoms with Crippen LogP contribution in [0.1, 0.15) is 25.6 Å². The SMILES string of the molecule is CN=C(NCCc1nc(C)no1)NCC(C(C)C)N1CCOCC1. The number of hydrogen-bond donors (Lipinski definition) is 2. The summed E-state index contributed by atoms with van der Waals surface area (Å²) in [6, 6.07) is 0.464. The lowest BCUT2D eigenvalue weighted by Crippen LogP contribution is -2.52. The highest BCUT2D eigenvalue weighted by Crippen LogP contribution is 2.12. The van der Waals surface area contributed by atoms with Gasteiger partial charge in [0.2, 0.25) is 5.89 Å². The third-order valence-corrected chi connectivity index (χ3v) is 4.19. The van der Waals surface area contributed by atoms with E-state index in [2.05, 4.69) is 44.5 Å². The molecule has 8 nitrogen and oxygen atoms in total. The summed E-state index contributed by atoms with van der Waals surface area (Å²) in [5.74, 6) is 2.67. The van der Waals surface area contributed by atoms with Gasteiger partial charge in [-0.25, -0.2) is 0 Å². The van der Waals surface area contributed by atoms with Gasteiger partial charge >= 0.3 is 0 Å². The fourth-order valence-corrected chi connectivity index (χ4v) is 2.85. The number of aliphatic imine (C=N–C) groups is 1. The maximum Gasteiger partial charge on any atom is 0.228 e. The van der Waals surface area contributed by atoms with Gasteiger partial charge in [-0.2, -0.15) is 4.98 Å². The van der Waals surface area contributed by atoms with Gasteiger partial charge in [-0.3, -0.25) is 9.89 Å². The van der Waals surface area contributed by atoms with Crippen LogP contribution in [0.15, 0.2) is 9.52 Å². The lowest BCUT2D eigenvalue weighted by atomic mass is 10.0. The Morgan fingerprint density at radius 3 is 2.62 bits per heavy atom. The molecule has 0 aliphatic carbocycles. The summed E-state index contributed by atoms with van der Waals surface area (Å²) < 4.78 is 10.6. The van der Waals surface area contributed by atoms with E-state index in [1.165, 1.54) is 0 Å². The minimum atomic E-state index is 0.464. The molecule has 0 aromatic carbocycles. The molecule has 1 atom stereocenters. The van der Waals surface area contributed by atoms with Gasteiger partial charge in [0, 0.05) is 45.7 Å². The fraction of sp³-hybridized carbons (Fsp3) is 0.812. The summed E-state index contributed by atoms with van der Waals surface area (Å²) in [7, 11) is 1.78. The lowest BCUT2D eigenvalue weighted by Gasteiger charge is -2.37. The quantitative estimate of drug-likeness (QED) is 0.551. The Morgan fingerprint density at radius 2 is 2.04 bits per heavy atom. The molecule has 136 valence electrons. The van der Waals surface area contributed by atoms with Crippen LogP contribution >= 0.6 is 0 Å². The van der Waals surface area contributed by atoms with E-state index >= 15 is 0 Å². The van der Waals surface area contributed by atoms with Crippen LogP contribution in [-0.4, -0.2) is 73.5 Å². The van der Waals surface area contributed by atoms with Crippen LogP contribution in [0.2, 0.25) is 0 Å². The average Bonchev–Trinajstić information content (AvgIpc) is 2.99. The van der Waals surface area contributed by atoms with Gasteiger partial charge in [0.15, 0.2) is 11.8 Å². The Morgan fingerprint density at radius 1 is 1.29 bits per heavy atom. The Balaban J connectivity index is 1.76. The van der Waals surface area contributed by atoms with Crippen molar-refractivity contribution in [3.05, 3.63) is 11.7 Å². The van der Waals surface area contributed by atoms with E-state index in [4.69, 9.17) is 9.26 Å². The number of guanidine groups is 1. The second kappa shape index (κ2) is 9.58. The van der Waals surface area contributed by atoms with Gasteiger partial charge < -0.3 is 19.9 Å². The van der Waals surface area contributed by atoms with Crippen LogP contribution in [-0.2, 0) is 11.2 Å². The molecular weight excluding hydrogens is 308 g/mol. The minimum Gasteiger partial charge on any atom is -0.379 e. The Hall–Kier alpha value is -1.67. The predicted molar refractivity (Wildman–Crippen MR) is 93.1 cm³/mol. The van der Waals surface area contributed by atoms with Crippen molar-refractivity contribution < 1.29 is 9.26 Å². The Kier molecular flexibility index (Phi) is 7.45. The zero-order valence-corrected chi connectivity index (χ0v) is 15.2. The molecule has 0 saturated carbocycles. The van der Waals surface area contributed by atoms with Crippen LogP contribution in [0.25, 0.3) is 0 Å². The summed E-state index contributed by atoms with van der Waals surface area (Å²) in [5.41, 5.74) is 0. The molecule has 0 bridgehead atoms. The van der Waals surface area contributed by atoms with E-state index in [0.717, 1.165) is 38.8 Å². The van der Waals surface area contributed by atoms with Crippen molar-refractivity contribution in [1.82, 2.24) is 25.7 Å². The van der Waals surface area contributed by atoms with Crippen molar-refractivity contribution in [3.8, 4) is 0 Å². The summed E-state index contributed by atoms with van der Waals surface area (Å²) >= 11 is 0. The number of hydrogen-bond acceptors (Lipinski definition) is 6. The first-order valence-electron chi connectivity index (χ1n) is 8.65.